The van der Waals surface area contributed by atoms with E-state index < -0.39 is 43.0 Å². The minimum Gasteiger partial charge on any atom is -0.481 e. The Labute approximate surface area is 169 Å². The average Bonchev–Trinajstić information content (AvgIpc) is 2.68. The minimum absolute atomic E-state index is 0.250. The maximum atomic E-state index is 12.0. The second-order valence-electron chi connectivity index (χ2n) is 6.89. The zero-order valence-corrected chi connectivity index (χ0v) is 16.2. The lowest BCUT2D eigenvalue weighted by atomic mass is 9.95. The standard InChI is InChI=1S/C22H25NO6/c1-15(22(27)28)11-19(23-20(24)13-29-14-21(25)26)12-16-7-9-18(10-8-16)17-5-3-2-4-6-17/h2-10,15,19H,11-14H2,1H3,(H,23,24)(H,25,26)(H,27,28)/t15-,19?/m1/s1. The topological polar surface area (TPSA) is 113 Å². The van der Waals surface area contributed by atoms with E-state index in [9.17, 15) is 19.5 Å². The van der Waals surface area contributed by atoms with E-state index >= 15 is 0 Å². The van der Waals surface area contributed by atoms with Gasteiger partial charge in [0.05, 0.1) is 5.92 Å². The molecule has 0 aliphatic carbocycles. The summed E-state index contributed by atoms with van der Waals surface area (Å²) in [5.74, 6) is -3.21. The quantitative estimate of drug-likeness (QED) is 0.535. The number of rotatable bonds is 11. The number of nitrogens with one attached hydrogen (secondary N) is 1. The molecule has 0 fully saturated rings. The average molecular weight is 399 g/mol. The van der Waals surface area contributed by atoms with Crippen LogP contribution in [0.2, 0.25) is 0 Å². The van der Waals surface area contributed by atoms with Gasteiger partial charge >= 0.3 is 11.9 Å². The molecule has 7 nitrogen and oxygen atoms in total. The van der Waals surface area contributed by atoms with Crippen molar-refractivity contribution in [3.63, 3.8) is 0 Å². The fourth-order valence-corrected chi connectivity index (χ4v) is 2.97. The second-order valence-corrected chi connectivity index (χ2v) is 6.89. The minimum atomic E-state index is -1.16. The first kappa shape index (κ1) is 22.1. The van der Waals surface area contributed by atoms with Gasteiger partial charge in [0.25, 0.3) is 0 Å². The summed E-state index contributed by atoms with van der Waals surface area (Å²) in [7, 11) is 0. The van der Waals surface area contributed by atoms with E-state index in [0.717, 1.165) is 16.7 Å². The molecule has 0 spiro atoms. The van der Waals surface area contributed by atoms with Crippen molar-refractivity contribution in [3.05, 3.63) is 60.2 Å². The largest absolute Gasteiger partial charge is 0.481 e. The molecular weight excluding hydrogens is 374 g/mol. The zero-order valence-electron chi connectivity index (χ0n) is 16.2. The summed E-state index contributed by atoms with van der Waals surface area (Å²) in [4.78, 5) is 33.7. The molecule has 2 aromatic rings. The molecular formula is C22H25NO6. The third-order valence-electron chi connectivity index (χ3n) is 4.43. The first-order chi connectivity index (χ1) is 13.8. The molecule has 0 aliphatic rings. The maximum Gasteiger partial charge on any atom is 0.329 e. The van der Waals surface area contributed by atoms with Crippen LogP contribution in [-0.2, 0) is 25.5 Å². The van der Waals surface area contributed by atoms with Gasteiger partial charge in [-0.1, -0.05) is 61.5 Å². The highest BCUT2D eigenvalue weighted by atomic mass is 16.5. The molecule has 2 atom stereocenters. The number of amides is 1. The van der Waals surface area contributed by atoms with Crippen LogP contribution >= 0.6 is 0 Å². The third kappa shape index (κ3) is 7.75. The highest BCUT2D eigenvalue weighted by Gasteiger charge is 2.20. The molecule has 0 aliphatic heterocycles. The number of carboxylic acid groups (broad SMARTS) is 2. The molecule has 2 rings (SSSR count). The first-order valence-corrected chi connectivity index (χ1v) is 9.31. The van der Waals surface area contributed by atoms with Gasteiger partial charge in [-0.25, -0.2) is 4.79 Å². The number of carbonyl (C=O) groups excluding carboxylic acids is 1. The van der Waals surface area contributed by atoms with Gasteiger partial charge in [0.1, 0.15) is 13.2 Å². The van der Waals surface area contributed by atoms with Gasteiger partial charge in [0.15, 0.2) is 0 Å². The van der Waals surface area contributed by atoms with Crippen molar-refractivity contribution in [2.24, 2.45) is 5.92 Å². The van der Waals surface area contributed by atoms with Crippen molar-refractivity contribution in [3.8, 4) is 11.1 Å². The van der Waals surface area contributed by atoms with Crippen LogP contribution in [0.1, 0.15) is 18.9 Å². The predicted octanol–water partition coefficient (Wildman–Crippen LogP) is 2.59. The van der Waals surface area contributed by atoms with Crippen molar-refractivity contribution in [2.75, 3.05) is 13.2 Å². The molecule has 0 saturated heterocycles. The Morgan fingerprint density at radius 2 is 1.55 bits per heavy atom. The maximum absolute atomic E-state index is 12.0. The van der Waals surface area contributed by atoms with Gasteiger partial charge < -0.3 is 20.3 Å². The van der Waals surface area contributed by atoms with Gasteiger partial charge in [-0.15, -0.1) is 0 Å². The van der Waals surface area contributed by atoms with E-state index in [1.54, 1.807) is 6.92 Å². The van der Waals surface area contributed by atoms with Crippen LogP contribution in [0.15, 0.2) is 54.6 Å². The molecule has 0 aromatic heterocycles. The Morgan fingerprint density at radius 1 is 0.931 bits per heavy atom. The molecule has 0 radical (unpaired) electrons. The number of hydrogen-bond donors (Lipinski definition) is 3. The smallest absolute Gasteiger partial charge is 0.329 e. The summed E-state index contributed by atoms with van der Waals surface area (Å²) >= 11 is 0. The van der Waals surface area contributed by atoms with E-state index in [-0.39, 0.29) is 6.42 Å². The molecule has 0 saturated carbocycles. The van der Waals surface area contributed by atoms with Crippen LogP contribution in [0, 0.1) is 5.92 Å². The lowest BCUT2D eigenvalue weighted by Gasteiger charge is -2.21. The molecule has 0 bridgehead atoms. The van der Waals surface area contributed by atoms with Crippen LogP contribution in [0.4, 0.5) is 0 Å². The molecule has 1 unspecified atom stereocenters. The van der Waals surface area contributed by atoms with Crippen LogP contribution in [0.5, 0.6) is 0 Å². The fourth-order valence-electron chi connectivity index (χ4n) is 2.97. The van der Waals surface area contributed by atoms with Crippen molar-refractivity contribution in [1.82, 2.24) is 5.32 Å². The van der Waals surface area contributed by atoms with Gasteiger partial charge in [0, 0.05) is 6.04 Å². The molecule has 7 heteroatoms. The van der Waals surface area contributed by atoms with Gasteiger partial charge in [-0.2, -0.15) is 0 Å². The molecule has 2 aromatic carbocycles. The summed E-state index contributed by atoms with van der Waals surface area (Å²) in [6, 6.07) is 17.4. The Kier molecular flexibility index (Phi) is 8.36. The number of benzene rings is 2. The van der Waals surface area contributed by atoms with E-state index in [2.05, 4.69) is 5.32 Å². The van der Waals surface area contributed by atoms with Crippen LogP contribution in [0.25, 0.3) is 11.1 Å². The SMILES string of the molecule is C[C@H](CC(Cc1ccc(-c2ccccc2)cc1)NC(=O)COCC(=O)O)C(=O)O. The van der Waals surface area contributed by atoms with E-state index in [4.69, 9.17) is 9.84 Å². The van der Waals surface area contributed by atoms with E-state index in [0.29, 0.717) is 6.42 Å². The van der Waals surface area contributed by atoms with Gasteiger partial charge in [0.2, 0.25) is 5.91 Å². The summed E-state index contributed by atoms with van der Waals surface area (Å²) in [6.07, 6.45) is 0.706. The number of ether oxygens (including phenoxy) is 1. The molecule has 0 heterocycles. The Hall–Kier alpha value is -3.19. The summed E-state index contributed by atoms with van der Waals surface area (Å²) in [5, 5.41) is 20.5. The van der Waals surface area contributed by atoms with E-state index in [1.807, 2.05) is 54.6 Å². The monoisotopic (exact) mass is 399 g/mol. The van der Waals surface area contributed by atoms with Crippen molar-refractivity contribution in [2.45, 2.75) is 25.8 Å². The van der Waals surface area contributed by atoms with Crippen molar-refractivity contribution in [1.29, 1.82) is 0 Å². The Balaban J connectivity index is 2.03. The first-order valence-electron chi connectivity index (χ1n) is 9.31. The number of aliphatic carboxylic acids is 2. The lowest BCUT2D eigenvalue weighted by Crippen LogP contribution is -2.40. The summed E-state index contributed by atoms with van der Waals surface area (Å²) in [6.45, 7) is 0.628. The van der Waals surface area contributed by atoms with Gasteiger partial charge in [-0.3, -0.25) is 9.59 Å². The van der Waals surface area contributed by atoms with E-state index in [1.165, 1.54) is 0 Å². The zero-order chi connectivity index (χ0) is 21.2. The Bertz CT molecular complexity index is 819. The molecule has 154 valence electrons. The molecule has 1 amide bonds. The normalized spacial score (nSPS) is 12.7. The van der Waals surface area contributed by atoms with Gasteiger partial charge in [-0.05, 0) is 29.5 Å². The molecule has 29 heavy (non-hydrogen) atoms. The van der Waals surface area contributed by atoms with Crippen LogP contribution < -0.4 is 5.32 Å². The second kappa shape index (κ2) is 11.0. The van der Waals surface area contributed by atoms with Crippen LogP contribution in [-0.4, -0.2) is 47.3 Å². The highest BCUT2D eigenvalue weighted by molar-refractivity contribution is 5.78. The fraction of sp³-hybridized carbons (Fsp3) is 0.318. The number of carbonyl (C=O) groups is 3. The number of carboxylic acids is 2. The summed E-state index contributed by atoms with van der Waals surface area (Å²) in [5.41, 5.74) is 3.12. The Morgan fingerprint density at radius 3 is 2.14 bits per heavy atom. The lowest BCUT2D eigenvalue weighted by molar-refractivity contribution is -0.144. The molecule has 3 N–H and O–H groups in total. The summed E-state index contributed by atoms with van der Waals surface area (Å²) < 4.78 is 4.80. The van der Waals surface area contributed by atoms with Crippen molar-refractivity contribution >= 4 is 17.8 Å². The third-order valence-corrected chi connectivity index (χ3v) is 4.43. The van der Waals surface area contributed by atoms with Crippen molar-refractivity contribution < 1.29 is 29.3 Å². The number of hydrogen-bond acceptors (Lipinski definition) is 4. The predicted molar refractivity (Wildman–Crippen MR) is 107 cm³/mol. The highest BCUT2D eigenvalue weighted by Crippen LogP contribution is 2.20. The van der Waals surface area contributed by atoms with Crippen LogP contribution in [0.3, 0.4) is 0 Å².